The molecule has 1 rings (SSSR count). The maximum atomic E-state index is 4.48. The molecule has 0 aromatic rings. The second-order valence-corrected chi connectivity index (χ2v) is 4.36. The average molecular weight is 226 g/mol. The SMILES string of the molecule is CCCCCN1CN=C(NCCCC)NC1. The minimum absolute atomic E-state index is 0.838. The summed E-state index contributed by atoms with van der Waals surface area (Å²) in [6.45, 7) is 8.40. The highest BCUT2D eigenvalue weighted by atomic mass is 15.4. The van der Waals surface area contributed by atoms with Crippen LogP contribution >= 0.6 is 0 Å². The van der Waals surface area contributed by atoms with Crippen LogP contribution in [0.2, 0.25) is 0 Å². The van der Waals surface area contributed by atoms with Gasteiger partial charge in [0.25, 0.3) is 0 Å². The van der Waals surface area contributed by atoms with Gasteiger partial charge in [-0.3, -0.25) is 4.90 Å². The molecule has 0 aromatic heterocycles. The van der Waals surface area contributed by atoms with Gasteiger partial charge in [0, 0.05) is 13.1 Å². The molecular formula is C12H26N4. The van der Waals surface area contributed by atoms with Crippen LogP contribution in [-0.2, 0) is 0 Å². The fourth-order valence-corrected chi connectivity index (χ4v) is 1.70. The molecule has 16 heavy (non-hydrogen) atoms. The van der Waals surface area contributed by atoms with Crippen LogP contribution in [0, 0.1) is 0 Å². The van der Waals surface area contributed by atoms with Crippen LogP contribution < -0.4 is 10.6 Å². The first-order chi connectivity index (χ1) is 7.86. The third-order valence-corrected chi connectivity index (χ3v) is 2.80. The minimum Gasteiger partial charge on any atom is -0.356 e. The van der Waals surface area contributed by atoms with Gasteiger partial charge in [-0.05, 0) is 12.8 Å². The summed E-state index contributed by atoms with van der Waals surface area (Å²) in [6, 6.07) is 0. The molecule has 0 radical (unpaired) electrons. The van der Waals surface area contributed by atoms with Crippen LogP contribution in [0.1, 0.15) is 46.0 Å². The normalized spacial score (nSPS) is 16.8. The summed E-state index contributed by atoms with van der Waals surface area (Å²) in [6.07, 6.45) is 6.33. The molecule has 4 heteroatoms. The number of hydrogen-bond donors (Lipinski definition) is 2. The van der Waals surface area contributed by atoms with Crippen LogP contribution in [0.4, 0.5) is 0 Å². The van der Waals surface area contributed by atoms with Gasteiger partial charge in [-0.15, -0.1) is 0 Å². The van der Waals surface area contributed by atoms with Gasteiger partial charge in [-0.2, -0.15) is 0 Å². The summed E-state index contributed by atoms with van der Waals surface area (Å²) in [7, 11) is 0. The molecule has 1 aliphatic rings. The average Bonchev–Trinajstić information content (AvgIpc) is 2.32. The largest absolute Gasteiger partial charge is 0.356 e. The molecular weight excluding hydrogens is 200 g/mol. The zero-order chi connectivity index (χ0) is 11.6. The first-order valence-corrected chi connectivity index (χ1v) is 6.61. The molecule has 94 valence electrons. The molecule has 0 aliphatic carbocycles. The Hall–Kier alpha value is -0.770. The van der Waals surface area contributed by atoms with Crippen LogP contribution in [0.25, 0.3) is 0 Å². The molecule has 1 heterocycles. The van der Waals surface area contributed by atoms with E-state index in [1.165, 1.54) is 32.1 Å². The van der Waals surface area contributed by atoms with Gasteiger partial charge in [-0.1, -0.05) is 33.1 Å². The molecule has 0 spiro atoms. The Bertz CT molecular complexity index is 203. The topological polar surface area (TPSA) is 39.7 Å². The lowest BCUT2D eigenvalue weighted by Crippen LogP contribution is -2.49. The van der Waals surface area contributed by atoms with Gasteiger partial charge < -0.3 is 10.6 Å². The Morgan fingerprint density at radius 2 is 2.06 bits per heavy atom. The fourth-order valence-electron chi connectivity index (χ4n) is 1.70. The van der Waals surface area contributed by atoms with Crippen LogP contribution in [0.5, 0.6) is 0 Å². The van der Waals surface area contributed by atoms with Crippen LogP contribution in [-0.4, -0.2) is 37.3 Å². The van der Waals surface area contributed by atoms with Gasteiger partial charge in [0.05, 0.1) is 13.3 Å². The van der Waals surface area contributed by atoms with E-state index in [1.54, 1.807) is 0 Å². The minimum atomic E-state index is 0.838. The predicted octanol–water partition coefficient (Wildman–Crippen LogP) is 1.74. The van der Waals surface area contributed by atoms with E-state index in [1.807, 2.05) is 0 Å². The van der Waals surface area contributed by atoms with Crippen molar-refractivity contribution < 1.29 is 0 Å². The smallest absolute Gasteiger partial charge is 0.193 e. The van der Waals surface area contributed by atoms with Gasteiger partial charge in [0.2, 0.25) is 0 Å². The van der Waals surface area contributed by atoms with E-state index in [0.29, 0.717) is 0 Å². The summed E-state index contributed by atoms with van der Waals surface area (Å²) in [5.74, 6) is 0.972. The number of hydrogen-bond acceptors (Lipinski definition) is 4. The predicted molar refractivity (Wildman–Crippen MR) is 69.4 cm³/mol. The molecule has 0 fully saturated rings. The summed E-state index contributed by atoms with van der Waals surface area (Å²) in [5.41, 5.74) is 0. The zero-order valence-electron chi connectivity index (χ0n) is 10.8. The monoisotopic (exact) mass is 226 g/mol. The molecule has 0 bridgehead atoms. The number of unbranched alkanes of at least 4 members (excludes halogenated alkanes) is 3. The third kappa shape index (κ3) is 5.35. The molecule has 1 aliphatic heterocycles. The van der Waals surface area contributed by atoms with Crippen LogP contribution in [0.3, 0.4) is 0 Å². The maximum Gasteiger partial charge on any atom is 0.193 e. The lowest BCUT2D eigenvalue weighted by Gasteiger charge is -2.27. The maximum absolute atomic E-state index is 4.48. The molecule has 0 saturated heterocycles. The van der Waals surface area contributed by atoms with E-state index in [4.69, 9.17) is 0 Å². The quantitative estimate of drug-likeness (QED) is 0.650. The van der Waals surface area contributed by atoms with E-state index in [0.717, 1.165) is 32.4 Å². The Kier molecular flexibility index (Phi) is 6.97. The molecule has 0 unspecified atom stereocenters. The van der Waals surface area contributed by atoms with Crippen molar-refractivity contribution in [3.63, 3.8) is 0 Å². The van der Waals surface area contributed by atoms with Gasteiger partial charge in [-0.25, -0.2) is 4.99 Å². The first-order valence-electron chi connectivity index (χ1n) is 6.61. The lowest BCUT2D eigenvalue weighted by atomic mass is 10.2. The van der Waals surface area contributed by atoms with Crippen molar-refractivity contribution in [1.82, 2.24) is 15.5 Å². The van der Waals surface area contributed by atoms with Gasteiger partial charge in [0.1, 0.15) is 0 Å². The number of guanidine groups is 1. The van der Waals surface area contributed by atoms with Crippen LogP contribution in [0.15, 0.2) is 4.99 Å². The van der Waals surface area contributed by atoms with Crippen molar-refractivity contribution in [3.8, 4) is 0 Å². The Morgan fingerprint density at radius 3 is 2.69 bits per heavy atom. The van der Waals surface area contributed by atoms with Crippen molar-refractivity contribution in [2.24, 2.45) is 4.99 Å². The highest BCUT2D eigenvalue weighted by molar-refractivity contribution is 5.80. The van der Waals surface area contributed by atoms with E-state index in [-0.39, 0.29) is 0 Å². The summed E-state index contributed by atoms with van der Waals surface area (Å²) in [5, 5.41) is 6.64. The van der Waals surface area contributed by atoms with E-state index in [2.05, 4.69) is 34.4 Å². The van der Waals surface area contributed by atoms with Gasteiger partial charge >= 0.3 is 0 Å². The Balaban J connectivity index is 2.10. The Morgan fingerprint density at radius 1 is 1.25 bits per heavy atom. The second-order valence-electron chi connectivity index (χ2n) is 4.36. The fraction of sp³-hybridized carbons (Fsp3) is 0.917. The van der Waals surface area contributed by atoms with Crippen molar-refractivity contribution in [2.75, 3.05) is 26.4 Å². The number of nitrogens with zero attached hydrogens (tertiary/aromatic N) is 2. The van der Waals surface area contributed by atoms with Gasteiger partial charge in [0.15, 0.2) is 5.96 Å². The summed E-state index contributed by atoms with van der Waals surface area (Å²) in [4.78, 5) is 6.83. The molecule has 0 saturated carbocycles. The number of aliphatic imine (C=N–C) groups is 1. The number of nitrogens with one attached hydrogen (secondary N) is 2. The van der Waals surface area contributed by atoms with E-state index >= 15 is 0 Å². The van der Waals surface area contributed by atoms with Crippen molar-refractivity contribution in [3.05, 3.63) is 0 Å². The van der Waals surface area contributed by atoms with Crippen molar-refractivity contribution in [2.45, 2.75) is 46.0 Å². The molecule has 0 amide bonds. The molecule has 2 N–H and O–H groups in total. The zero-order valence-corrected chi connectivity index (χ0v) is 10.8. The Labute approximate surface area is 99.5 Å². The van der Waals surface area contributed by atoms with Crippen molar-refractivity contribution >= 4 is 5.96 Å². The summed E-state index contributed by atoms with van der Waals surface area (Å²) >= 11 is 0. The highest BCUT2D eigenvalue weighted by Crippen LogP contribution is 1.99. The second kappa shape index (κ2) is 8.39. The standard InChI is InChI=1S/C12H26N4/c1-3-5-7-9-16-10-14-12(15-11-16)13-8-6-4-2/h3-11H2,1-2H3,(H2,13,14,15). The highest BCUT2D eigenvalue weighted by Gasteiger charge is 2.10. The molecule has 4 nitrogen and oxygen atoms in total. The van der Waals surface area contributed by atoms with E-state index in [9.17, 15) is 0 Å². The van der Waals surface area contributed by atoms with E-state index < -0.39 is 0 Å². The first kappa shape index (κ1) is 13.3. The molecule has 0 atom stereocenters. The molecule has 0 aromatic carbocycles. The summed E-state index contributed by atoms with van der Waals surface area (Å²) < 4.78 is 0. The van der Waals surface area contributed by atoms with Crippen molar-refractivity contribution in [1.29, 1.82) is 0 Å². The third-order valence-electron chi connectivity index (χ3n) is 2.80. The lowest BCUT2D eigenvalue weighted by molar-refractivity contribution is 0.257. The number of rotatable bonds is 7.